The molecule has 0 aliphatic heterocycles. The first kappa shape index (κ1) is 15.0. The lowest BCUT2D eigenvalue weighted by Gasteiger charge is -2.18. The normalized spacial score (nSPS) is 11.9. The lowest BCUT2D eigenvalue weighted by molar-refractivity contribution is 0.840. The maximum atomic E-state index is 5.40. The minimum atomic E-state index is 0.0780. The summed E-state index contributed by atoms with van der Waals surface area (Å²) in [6, 6.07) is 8.29. The molecule has 7 nitrogen and oxygen atoms in total. The van der Waals surface area contributed by atoms with Crippen molar-refractivity contribution < 1.29 is 0 Å². The SMILES string of the molecule is Cc1ccccc1C(C)Nc1nc(NN)nc(N(C)C)n1. The number of hydrazine groups is 1. The van der Waals surface area contributed by atoms with E-state index in [2.05, 4.69) is 51.7 Å². The molecule has 0 fully saturated rings. The molecule has 0 radical (unpaired) electrons. The van der Waals surface area contributed by atoms with Crippen molar-refractivity contribution in [2.24, 2.45) is 5.84 Å². The number of rotatable bonds is 5. The Morgan fingerprint density at radius 1 is 1.10 bits per heavy atom. The lowest BCUT2D eigenvalue weighted by Crippen LogP contribution is -2.20. The van der Waals surface area contributed by atoms with Gasteiger partial charge in [-0.25, -0.2) is 5.84 Å². The molecule has 0 spiro atoms. The molecule has 2 aromatic rings. The molecule has 0 saturated carbocycles. The van der Waals surface area contributed by atoms with Gasteiger partial charge in [-0.1, -0.05) is 24.3 Å². The predicted molar refractivity (Wildman–Crippen MR) is 85.2 cm³/mol. The summed E-state index contributed by atoms with van der Waals surface area (Å²) in [6.45, 7) is 4.15. The van der Waals surface area contributed by atoms with Crippen LogP contribution in [0.2, 0.25) is 0 Å². The highest BCUT2D eigenvalue weighted by Gasteiger charge is 2.12. The number of nitrogens with one attached hydrogen (secondary N) is 2. The van der Waals surface area contributed by atoms with Gasteiger partial charge in [0.15, 0.2) is 0 Å². The molecule has 0 amide bonds. The Bertz CT molecular complexity index is 612. The van der Waals surface area contributed by atoms with Crippen molar-refractivity contribution >= 4 is 17.8 Å². The van der Waals surface area contributed by atoms with E-state index >= 15 is 0 Å². The molecule has 4 N–H and O–H groups in total. The van der Waals surface area contributed by atoms with Gasteiger partial charge in [0.2, 0.25) is 17.8 Å². The van der Waals surface area contributed by atoms with Crippen molar-refractivity contribution in [2.75, 3.05) is 29.7 Å². The third-order valence-corrected chi connectivity index (χ3v) is 3.15. The van der Waals surface area contributed by atoms with Crippen LogP contribution < -0.4 is 21.5 Å². The molecule has 112 valence electrons. The highest BCUT2D eigenvalue weighted by molar-refractivity contribution is 5.44. The van der Waals surface area contributed by atoms with Crippen molar-refractivity contribution in [1.29, 1.82) is 0 Å². The van der Waals surface area contributed by atoms with E-state index in [4.69, 9.17) is 5.84 Å². The summed E-state index contributed by atoms with van der Waals surface area (Å²) in [4.78, 5) is 14.6. The van der Waals surface area contributed by atoms with E-state index in [1.165, 1.54) is 11.1 Å². The fourth-order valence-electron chi connectivity index (χ4n) is 2.04. The second kappa shape index (κ2) is 6.36. The van der Waals surface area contributed by atoms with E-state index < -0.39 is 0 Å². The molecule has 1 aromatic carbocycles. The number of hydrogen-bond donors (Lipinski definition) is 3. The zero-order valence-corrected chi connectivity index (χ0v) is 12.8. The quantitative estimate of drug-likeness (QED) is 0.569. The van der Waals surface area contributed by atoms with Crippen LogP contribution >= 0.6 is 0 Å². The van der Waals surface area contributed by atoms with Gasteiger partial charge < -0.3 is 10.2 Å². The molecule has 1 atom stereocenters. The number of nitrogens with zero attached hydrogens (tertiary/aromatic N) is 4. The zero-order valence-electron chi connectivity index (χ0n) is 12.8. The predicted octanol–water partition coefficient (Wildman–Crippen LogP) is 1.70. The van der Waals surface area contributed by atoms with Crippen LogP contribution in [-0.4, -0.2) is 29.0 Å². The summed E-state index contributed by atoms with van der Waals surface area (Å²) >= 11 is 0. The van der Waals surface area contributed by atoms with Crippen LogP contribution in [0, 0.1) is 6.92 Å². The Hall–Kier alpha value is -2.41. The third kappa shape index (κ3) is 3.57. The van der Waals surface area contributed by atoms with Crippen LogP contribution in [0.15, 0.2) is 24.3 Å². The van der Waals surface area contributed by atoms with E-state index in [0.717, 1.165) is 0 Å². The fraction of sp³-hybridized carbons (Fsp3) is 0.357. The van der Waals surface area contributed by atoms with Gasteiger partial charge in [0.1, 0.15) is 0 Å². The molecule has 1 heterocycles. The molecule has 1 aromatic heterocycles. The van der Waals surface area contributed by atoms with Crippen LogP contribution in [0.1, 0.15) is 24.1 Å². The Balaban J connectivity index is 2.26. The van der Waals surface area contributed by atoms with Gasteiger partial charge in [-0.15, -0.1) is 0 Å². The summed E-state index contributed by atoms with van der Waals surface area (Å²) in [6.07, 6.45) is 0. The number of nitrogen functional groups attached to an aromatic ring is 1. The Labute approximate surface area is 124 Å². The van der Waals surface area contributed by atoms with Crippen molar-refractivity contribution in [3.8, 4) is 0 Å². The number of aromatic nitrogens is 3. The standard InChI is InChI=1S/C14H21N7/c1-9-7-5-6-8-11(9)10(2)16-12-17-13(20-15)19-14(18-12)21(3)4/h5-8,10H,15H2,1-4H3,(H2,16,17,18,19,20). The number of anilines is 3. The van der Waals surface area contributed by atoms with E-state index in [0.29, 0.717) is 17.8 Å². The minimum absolute atomic E-state index is 0.0780. The van der Waals surface area contributed by atoms with E-state index in [-0.39, 0.29) is 6.04 Å². The van der Waals surface area contributed by atoms with Gasteiger partial charge in [0.25, 0.3) is 0 Å². The van der Waals surface area contributed by atoms with Gasteiger partial charge in [-0.2, -0.15) is 15.0 Å². The largest absolute Gasteiger partial charge is 0.347 e. The fourth-order valence-corrected chi connectivity index (χ4v) is 2.04. The van der Waals surface area contributed by atoms with Gasteiger partial charge in [0.05, 0.1) is 6.04 Å². The Morgan fingerprint density at radius 3 is 2.38 bits per heavy atom. The third-order valence-electron chi connectivity index (χ3n) is 3.15. The molecular formula is C14H21N7. The number of nitrogens with two attached hydrogens (primary N) is 1. The van der Waals surface area contributed by atoms with Gasteiger partial charge in [0, 0.05) is 14.1 Å². The molecule has 7 heteroatoms. The average Bonchev–Trinajstić information content (AvgIpc) is 2.47. The van der Waals surface area contributed by atoms with Crippen LogP contribution in [0.4, 0.5) is 17.8 Å². The summed E-state index contributed by atoms with van der Waals surface area (Å²) < 4.78 is 0. The highest BCUT2D eigenvalue weighted by atomic mass is 15.4. The van der Waals surface area contributed by atoms with Crippen molar-refractivity contribution in [2.45, 2.75) is 19.9 Å². The Morgan fingerprint density at radius 2 is 1.76 bits per heavy atom. The summed E-state index contributed by atoms with van der Waals surface area (Å²) in [5, 5.41) is 3.28. The molecule has 0 bridgehead atoms. The minimum Gasteiger partial charge on any atom is -0.347 e. The van der Waals surface area contributed by atoms with Crippen LogP contribution in [-0.2, 0) is 0 Å². The summed E-state index contributed by atoms with van der Waals surface area (Å²) in [5.41, 5.74) is 4.88. The highest BCUT2D eigenvalue weighted by Crippen LogP contribution is 2.21. The van der Waals surface area contributed by atoms with E-state index in [9.17, 15) is 0 Å². The topological polar surface area (TPSA) is 92.0 Å². The maximum Gasteiger partial charge on any atom is 0.243 e. The first-order valence-electron chi connectivity index (χ1n) is 6.73. The summed E-state index contributed by atoms with van der Waals surface area (Å²) in [5.74, 6) is 6.75. The number of aryl methyl sites for hydroxylation is 1. The smallest absolute Gasteiger partial charge is 0.243 e. The number of hydrogen-bond acceptors (Lipinski definition) is 7. The second-order valence-corrected chi connectivity index (χ2v) is 5.04. The lowest BCUT2D eigenvalue weighted by atomic mass is 10.0. The average molecular weight is 287 g/mol. The van der Waals surface area contributed by atoms with Gasteiger partial charge >= 0.3 is 0 Å². The van der Waals surface area contributed by atoms with Gasteiger partial charge in [-0.3, -0.25) is 5.43 Å². The maximum absolute atomic E-state index is 5.40. The summed E-state index contributed by atoms with van der Waals surface area (Å²) in [7, 11) is 3.73. The van der Waals surface area contributed by atoms with Crippen LogP contribution in [0.3, 0.4) is 0 Å². The number of benzene rings is 1. The van der Waals surface area contributed by atoms with E-state index in [1.807, 2.05) is 26.2 Å². The molecule has 2 rings (SSSR count). The Kier molecular flexibility index (Phi) is 4.54. The first-order chi connectivity index (χ1) is 10.0. The molecule has 0 aliphatic rings. The molecule has 0 aliphatic carbocycles. The van der Waals surface area contributed by atoms with Crippen LogP contribution in [0.5, 0.6) is 0 Å². The zero-order chi connectivity index (χ0) is 15.4. The second-order valence-electron chi connectivity index (χ2n) is 5.04. The molecular weight excluding hydrogens is 266 g/mol. The van der Waals surface area contributed by atoms with Crippen molar-refractivity contribution in [3.05, 3.63) is 35.4 Å². The first-order valence-corrected chi connectivity index (χ1v) is 6.73. The van der Waals surface area contributed by atoms with Crippen molar-refractivity contribution in [3.63, 3.8) is 0 Å². The van der Waals surface area contributed by atoms with Gasteiger partial charge in [-0.05, 0) is 25.0 Å². The van der Waals surface area contributed by atoms with E-state index in [1.54, 1.807) is 4.90 Å². The van der Waals surface area contributed by atoms with Crippen molar-refractivity contribution in [1.82, 2.24) is 15.0 Å². The molecule has 21 heavy (non-hydrogen) atoms. The molecule has 1 unspecified atom stereocenters. The monoisotopic (exact) mass is 287 g/mol. The van der Waals surface area contributed by atoms with Crippen LogP contribution in [0.25, 0.3) is 0 Å². The molecule has 0 saturated heterocycles.